The first-order valence-electron chi connectivity index (χ1n) is 7.31. The van der Waals surface area contributed by atoms with Crippen LogP contribution >= 0.6 is 0 Å². The lowest BCUT2D eigenvalue weighted by Gasteiger charge is -2.31. The lowest BCUT2D eigenvalue weighted by molar-refractivity contribution is 0.1000. The molecule has 2 N–H and O–H groups in total. The summed E-state index contributed by atoms with van der Waals surface area (Å²) in [6, 6.07) is 8.53. The van der Waals surface area contributed by atoms with E-state index in [-0.39, 0.29) is 0 Å². The minimum atomic E-state index is 0.645. The number of nitrogens with zero attached hydrogens (tertiary/aromatic N) is 1. The number of rotatable bonds is 6. The number of nitrogens with two attached hydrogens (primary N) is 1. The first kappa shape index (κ1) is 14.5. The van der Waals surface area contributed by atoms with Crippen molar-refractivity contribution in [3.8, 4) is 0 Å². The lowest BCUT2D eigenvalue weighted by atomic mass is 9.97. The molecule has 0 unspecified atom stereocenters. The van der Waals surface area contributed by atoms with Gasteiger partial charge in [0.2, 0.25) is 0 Å². The van der Waals surface area contributed by atoms with E-state index in [1.54, 1.807) is 7.11 Å². The average Bonchev–Trinajstić information content (AvgIpc) is 2.47. The van der Waals surface area contributed by atoms with E-state index in [1.165, 1.54) is 37.1 Å². The van der Waals surface area contributed by atoms with Crippen LogP contribution in [0.4, 0.5) is 0 Å². The number of ether oxygens (including phenoxy) is 1. The summed E-state index contributed by atoms with van der Waals surface area (Å²) in [6.07, 6.45) is 3.65. The highest BCUT2D eigenvalue weighted by atomic mass is 16.5. The number of benzene rings is 1. The summed E-state index contributed by atoms with van der Waals surface area (Å²) in [5.74, 6) is 0.762. The highest BCUT2D eigenvalue weighted by Gasteiger charge is 2.18. The second kappa shape index (κ2) is 7.63. The molecule has 3 nitrogen and oxygen atoms in total. The summed E-state index contributed by atoms with van der Waals surface area (Å²) >= 11 is 0. The maximum Gasteiger partial charge on any atom is 0.0491 e. The molecule has 1 aliphatic rings. The van der Waals surface area contributed by atoms with Crippen molar-refractivity contribution in [1.29, 1.82) is 0 Å². The van der Waals surface area contributed by atoms with Gasteiger partial charge in [-0.3, -0.25) is 0 Å². The highest BCUT2D eigenvalue weighted by Crippen LogP contribution is 2.18. The van der Waals surface area contributed by atoms with Crippen molar-refractivity contribution in [3.05, 3.63) is 35.4 Å². The summed E-state index contributed by atoms with van der Waals surface area (Å²) in [4.78, 5) is 2.57. The standard InChI is InChI=1S/C16H26N2O/c1-19-13-14-6-9-18(10-7-14)11-8-15-4-2-3-5-16(15)12-17/h2-5,14H,6-13,17H2,1H3. The van der Waals surface area contributed by atoms with Gasteiger partial charge < -0.3 is 15.4 Å². The maximum atomic E-state index is 5.78. The van der Waals surface area contributed by atoms with Crippen molar-refractivity contribution in [1.82, 2.24) is 4.90 Å². The van der Waals surface area contributed by atoms with Crippen LogP contribution in [0.15, 0.2) is 24.3 Å². The molecule has 1 heterocycles. The quantitative estimate of drug-likeness (QED) is 0.852. The Morgan fingerprint density at radius 2 is 1.89 bits per heavy atom. The zero-order chi connectivity index (χ0) is 13.5. The number of piperidine rings is 1. The van der Waals surface area contributed by atoms with Crippen LogP contribution in [0.3, 0.4) is 0 Å². The first-order chi connectivity index (χ1) is 9.33. The van der Waals surface area contributed by atoms with E-state index in [2.05, 4.69) is 29.2 Å². The minimum absolute atomic E-state index is 0.645. The smallest absolute Gasteiger partial charge is 0.0491 e. The topological polar surface area (TPSA) is 38.5 Å². The molecule has 0 spiro atoms. The van der Waals surface area contributed by atoms with Crippen molar-refractivity contribution < 1.29 is 4.74 Å². The van der Waals surface area contributed by atoms with Crippen LogP contribution in [0.2, 0.25) is 0 Å². The Labute approximate surface area is 116 Å². The molecule has 19 heavy (non-hydrogen) atoms. The van der Waals surface area contributed by atoms with Gasteiger partial charge in [0.05, 0.1) is 0 Å². The molecule has 0 saturated carbocycles. The van der Waals surface area contributed by atoms with Crippen molar-refractivity contribution >= 4 is 0 Å². The predicted molar refractivity (Wildman–Crippen MR) is 79.1 cm³/mol. The number of likely N-dealkylation sites (tertiary alicyclic amines) is 1. The second-order valence-corrected chi connectivity index (χ2v) is 5.46. The Balaban J connectivity index is 1.77. The van der Waals surface area contributed by atoms with E-state index in [1.807, 2.05) is 0 Å². The molecule has 0 bridgehead atoms. The largest absolute Gasteiger partial charge is 0.384 e. The van der Waals surface area contributed by atoms with Crippen LogP contribution in [0, 0.1) is 5.92 Å². The highest BCUT2D eigenvalue weighted by molar-refractivity contribution is 5.27. The van der Waals surface area contributed by atoms with Gasteiger partial charge in [0.15, 0.2) is 0 Å². The fraction of sp³-hybridized carbons (Fsp3) is 0.625. The van der Waals surface area contributed by atoms with Crippen molar-refractivity contribution in [3.63, 3.8) is 0 Å². The molecule has 0 radical (unpaired) electrons. The van der Waals surface area contributed by atoms with E-state index in [0.29, 0.717) is 6.54 Å². The van der Waals surface area contributed by atoms with Crippen molar-refractivity contribution in [2.75, 3.05) is 33.4 Å². The Morgan fingerprint density at radius 3 is 2.53 bits per heavy atom. The van der Waals surface area contributed by atoms with Crippen LogP contribution in [-0.4, -0.2) is 38.3 Å². The van der Waals surface area contributed by atoms with Crippen LogP contribution < -0.4 is 5.73 Å². The molecule has 1 aliphatic heterocycles. The zero-order valence-electron chi connectivity index (χ0n) is 12.0. The SMILES string of the molecule is COCC1CCN(CCc2ccccc2CN)CC1. The number of hydrogen-bond donors (Lipinski definition) is 1. The predicted octanol–water partition coefficient (Wildman–Crippen LogP) is 2.05. The third-order valence-electron chi connectivity index (χ3n) is 4.15. The summed E-state index contributed by atoms with van der Waals surface area (Å²) in [7, 11) is 1.80. The molecule has 106 valence electrons. The molecular formula is C16H26N2O. The average molecular weight is 262 g/mol. The van der Waals surface area contributed by atoms with Gasteiger partial charge in [0.1, 0.15) is 0 Å². The molecule has 1 fully saturated rings. The van der Waals surface area contributed by atoms with Gasteiger partial charge in [-0.2, -0.15) is 0 Å². The summed E-state index contributed by atoms with van der Waals surface area (Å²) in [5.41, 5.74) is 8.48. The van der Waals surface area contributed by atoms with Crippen LogP contribution in [0.25, 0.3) is 0 Å². The maximum absolute atomic E-state index is 5.78. The van der Waals surface area contributed by atoms with E-state index < -0.39 is 0 Å². The first-order valence-corrected chi connectivity index (χ1v) is 7.31. The molecule has 3 heteroatoms. The monoisotopic (exact) mass is 262 g/mol. The molecule has 1 aromatic rings. The van der Waals surface area contributed by atoms with E-state index in [4.69, 9.17) is 10.5 Å². The summed E-state index contributed by atoms with van der Waals surface area (Å²) < 4.78 is 5.24. The normalized spacial score (nSPS) is 17.8. The number of methoxy groups -OCH3 is 1. The van der Waals surface area contributed by atoms with Crippen molar-refractivity contribution in [2.45, 2.75) is 25.8 Å². The van der Waals surface area contributed by atoms with Gasteiger partial charge in [0, 0.05) is 26.8 Å². The van der Waals surface area contributed by atoms with Crippen molar-refractivity contribution in [2.24, 2.45) is 11.7 Å². The van der Waals surface area contributed by atoms with Crippen LogP contribution in [0.1, 0.15) is 24.0 Å². The Morgan fingerprint density at radius 1 is 1.21 bits per heavy atom. The van der Waals surface area contributed by atoms with Crippen LogP contribution in [0.5, 0.6) is 0 Å². The van der Waals surface area contributed by atoms with Gasteiger partial charge in [-0.25, -0.2) is 0 Å². The molecule has 0 aliphatic carbocycles. The van der Waals surface area contributed by atoms with Gasteiger partial charge in [-0.1, -0.05) is 24.3 Å². The van der Waals surface area contributed by atoms with Gasteiger partial charge >= 0.3 is 0 Å². The second-order valence-electron chi connectivity index (χ2n) is 5.46. The third kappa shape index (κ3) is 4.30. The van der Waals surface area contributed by atoms with Gasteiger partial charge in [0.25, 0.3) is 0 Å². The Kier molecular flexibility index (Phi) is 5.83. The minimum Gasteiger partial charge on any atom is -0.384 e. The summed E-state index contributed by atoms with van der Waals surface area (Å²) in [6.45, 7) is 5.13. The zero-order valence-corrected chi connectivity index (χ0v) is 12.0. The lowest BCUT2D eigenvalue weighted by Crippen LogP contribution is -2.36. The molecule has 0 aromatic heterocycles. The van der Waals surface area contributed by atoms with E-state index in [9.17, 15) is 0 Å². The molecule has 1 saturated heterocycles. The fourth-order valence-corrected chi connectivity index (χ4v) is 2.89. The summed E-state index contributed by atoms with van der Waals surface area (Å²) in [5, 5.41) is 0. The van der Waals surface area contributed by atoms with Gasteiger partial charge in [-0.15, -0.1) is 0 Å². The third-order valence-corrected chi connectivity index (χ3v) is 4.15. The van der Waals surface area contributed by atoms with E-state index >= 15 is 0 Å². The molecule has 0 amide bonds. The Bertz CT molecular complexity index is 373. The van der Waals surface area contributed by atoms with Crippen LogP contribution in [-0.2, 0) is 17.7 Å². The van der Waals surface area contributed by atoms with Gasteiger partial charge in [-0.05, 0) is 49.4 Å². The fourth-order valence-electron chi connectivity index (χ4n) is 2.89. The molecule has 1 aromatic carbocycles. The molecular weight excluding hydrogens is 236 g/mol. The number of hydrogen-bond acceptors (Lipinski definition) is 3. The van der Waals surface area contributed by atoms with E-state index in [0.717, 1.165) is 25.5 Å². The molecule has 0 atom stereocenters. The Hall–Kier alpha value is -0.900. The molecule has 2 rings (SSSR count).